The van der Waals surface area contributed by atoms with E-state index in [2.05, 4.69) is 5.32 Å². The van der Waals surface area contributed by atoms with Gasteiger partial charge in [-0.05, 0) is 29.8 Å². The van der Waals surface area contributed by atoms with E-state index >= 15 is 0 Å². The van der Waals surface area contributed by atoms with Crippen molar-refractivity contribution in [3.63, 3.8) is 0 Å². The van der Waals surface area contributed by atoms with E-state index in [-0.39, 0.29) is 6.42 Å². The first-order valence-corrected chi connectivity index (χ1v) is 7.55. The third-order valence-electron chi connectivity index (χ3n) is 3.65. The summed E-state index contributed by atoms with van der Waals surface area (Å²) in [5, 5.41) is 11.5. The molecular weight excluding hydrogens is 351 g/mol. The number of carbonyl (C=O) groups is 2. The largest absolute Gasteiger partial charge is 0.497 e. The molecule has 2 N–H and O–H groups in total. The number of ether oxygens (including phenoxy) is 1. The lowest BCUT2D eigenvalue weighted by molar-refractivity contribution is -0.139. The molecule has 0 aliphatic heterocycles. The van der Waals surface area contributed by atoms with Gasteiger partial charge < -0.3 is 15.2 Å². The van der Waals surface area contributed by atoms with E-state index in [1.54, 1.807) is 24.3 Å². The second-order valence-electron chi connectivity index (χ2n) is 5.46. The lowest BCUT2D eigenvalue weighted by Gasteiger charge is -2.17. The predicted octanol–water partition coefficient (Wildman–Crippen LogP) is 3.14. The molecule has 1 amide bonds. The van der Waals surface area contributed by atoms with Gasteiger partial charge in [0.05, 0.1) is 18.2 Å². The fourth-order valence-electron chi connectivity index (χ4n) is 2.40. The van der Waals surface area contributed by atoms with Gasteiger partial charge >= 0.3 is 12.1 Å². The van der Waals surface area contributed by atoms with Gasteiger partial charge in [0.25, 0.3) is 5.91 Å². The standard InChI is InChI=1S/C18H16F3NO4/c1-26-12-6-4-5-11(9-12)10-15(17(24)25)22-16(23)13-7-2-3-8-14(13)18(19,20)21/h2-9,15H,10H2,1H3,(H,22,23)(H,24,25)/t15-/m0/s1. The number of amides is 1. The van der Waals surface area contributed by atoms with E-state index in [0.717, 1.165) is 18.2 Å². The second kappa shape index (κ2) is 7.90. The Morgan fingerprint density at radius 2 is 1.85 bits per heavy atom. The van der Waals surface area contributed by atoms with Gasteiger partial charge in [-0.2, -0.15) is 13.2 Å². The van der Waals surface area contributed by atoms with Gasteiger partial charge in [0, 0.05) is 6.42 Å². The van der Waals surface area contributed by atoms with Crippen LogP contribution in [-0.4, -0.2) is 30.1 Å². The molecule has 5 nitrogen and oxygen atoms in total. The maximum Gasteiger partial charge on any atom is 0.417 e. The molecule has 2 rings (SSSR count). The van der Waals surface area contributed by atoms with Gasteiger partial charge in [0.15, 0.2) is 0 Å². The number of aliphatic carboxylic acids is 1. The van der Waals surface area contributed by atoms with E-state index in [4.69, 9.17) is 4.74 Å². The molecule has 0 aliphatic rings. The van der Waals surface area contributed by atoms with Crippen LogP contribution in [0.5, 0.6) is 5.75 Å². The Hall–Kier alpha value is -3.03. The molecule has 0 heterocycles. The molecule has 0 aromatic heterocycles. The number of halogens is 3. The van der Waals surface area contributed by atoms with Crippen LogP contribution in [0.1, 0.15) is 21.5 Å². The molecule has 0 saturated heterocycles. The summed E-state index contributed by atoms with van der Waals surface area (Å²) in [6, 6.07) is 9.35. The zero-order chi connectivity index (χ0) is 19.3. The van der Waals surface area contributed by atoms with Crippen LogP contribution in [0.15, 0.2) is 48.5 Å². The molecule has 2 aromatic rings. The van der Waals surface area contributed by atoms with Crippen molar-refractivity contribution in [3.8, 4) is 5.75 Å². The Balaban J connectivity index is 2.23. The average molecular weight is 367 g/mol. The quantitative estimate of drug-likeness (QED) is 0.823. The van der Waals surface area contributed by atoms with E-state index in [1.807, 2.05) is 0 Å². The molecule has 26 heavy (non-hydrogen) atoms. The van der Waals surface area contributed by atoms with Crippen molar-refractivity contribution >= 4 is 11.9 Å². The summed E-state index contributed by atoms with van der Waals surface area (Å²) in [6.07, 6.45) is -4.83. The predicted molar refractivity (Wildman–Crippen MR) is 87.0 cm³/mol. The van der Waals surface area contributed by atoms with Crippen LogP contribution in [0.2, 0.25) is 0 Å². The molecule has 0 radical (unpaired) electrons. The van der Waals surface area contributed by atoms with E-state index in [0.29, 0.717) is 11.3 Å². The first kappa shape index (κ1) is 19.3. The maximum atomic E-state index is 13.0. The summed E-state index contributed by atoms with van der Waals surface area (Å²) in [7, 11) is 1.45. The molecule has 0 aliphatic carbocycles. The normalized spacial score (nSPS) is 12.3. The molecule has 2 aromatic carbocycles. The number of carboxylic acid groups (broad SMARTS) is 1. The van der Waals surface area contributed by atoms with Crippen LogP contribution in [-0.2, 0) is 17.4 Å². The summed E-state index contributed by atoms with van der Waals surface area (Å²) < 4.78 is 44.1. The highest BCUT2D eigenvalue weighted by Crippen LogP contribution is 2.31. The summed E-state index contributed by atoms with van der Waals surface area (Å²) in [5.41, 5.74) is -1.19. The molecule has 1 atom stereocenters. The van der Waals surface area contributed by atoms with Gasteiger partial charge in [0.2, 0.25) is 0 Å². The maximum absolute atomic E-state index is 13.0. The molecule has 0 unspecified atom stereocenters. The number of nitrogens with one attached hydrogen (secondary N) is 1. The van der Waals surface area contributed by atoms with E-state index < -0.39 is 35.2 Å². The first-order chi connectivity index (χ1) is 12.2. The van der Waals surface area contributed by atoms with Crippen molar-refractivity contribution in [1.82, 2.24) is 5.32 Å². The van der Waals surface area contributed by atoms with E-state index in [1.165, 1.54) is 13.2 Å². The second-order valence-corrected chi connectivity index (χ2v) is 5.46. The van der Waals surface area contributed by atoms with Crippen molar-refractivity contribution in [2.45, 2.75) is 18.6 Å². The SMILES string of the molecule is COc1cccc(C[C@H](NC(=O)c2ccccc2C(F)(F)F)C(=O)O)c1. The summed E-state index contributed by atoms with van der Waals surface area (Å²) >= 11 is 0. The number of hydrogen-bond acceptors (Lipinski definition) is 3. The minimum Gasteiger partial charge on any atom is -0.497 e. The van der Waals surface area contributed by atoms with Crippen LogP contribution in [0, 0.1) is 0 Å². The smallest absolute Gasteiger partial charge is 0.417 e. The Kier molecular flexibility index (Phi) is 5.86. The minimum atomic E-state index is -4.72. The number of carbonyl (C=O) groups excluding carboxylic acids is 1. The highest BCUT2D eigenvalue weighted by atomic mass is 19.4. The van der Waals surface area contributed by atoms with E-state index in [9.17, 15) is 27.9 Å². The number of rotatable bonds is 6. The van der Waals surface area contributed by atoms with Crippen molar-refractivity contribution in [2.75, 3.05) is 7.11 Å². The molecular formula is C18H16F3NO4. The van der Waals surface area contributed by atoms with Gasteiger partial charge in [-0.1, -0.05) is 24.3 Å². The zero-order valence-electron chi connectivity index (χ0n) is 13.7. The van der Waals surface area contributed by atoms with Crippen LogP contribution in [0.3, 0.4) is 0 Å². The third kappa shape index (κ3) is 4.75. The molecule has 0 fully saturated rings. The lowest BCUT2D eigenvalue weighted by atomic mass is 10.0. The highest BCUT2D eigenvalue weighted by Gasteiger charge is 2.35. The van der Waals surface area contributed by atoms with Crippen molar-refractivity contribution in [2.24, 2.45) is 0 Å². The van der Waals surface area contributed by atoms with Crippen molar-refractivity contribution < 1.29 is 32.6 Å². The molecule has 8 heteroatoms. The van der Waals surface area contributed by atoms with Gasteiger partial charge in [0.1, 0.15) is 11.8 Å². The number of alkyl halides is 3. The first-order valence-electron chi connectivity index (χ1n) is 7.55. The minimum absolute atomic E-state index is 0.105. The van der Waals surface area contributed by atoms with Crippen LogP contribution in [0.4, 0.5) is 13.2 Å². The highest BCUT2D eigenvalue weighted by molar-refractivity contribution is 5.98. The zero-order valence-corrected chi connectivity index (χ0v) is 13.7. The topological polar surface area (TPSA) is 75.6 Å². The summed E-state index contributed by atoms with van der Waals surface area (Å²) in [5.74, 6) is -1.96. The Bertz CT molecular complexity index is 805. The molecule has 0 spiro atoms. The molecule has 138 valence electrons. The van der Waals surface area contributed by atoms with Crippen molar-refractivity contribution in [3.05, 3.63) is 65.2 Å². The number of methoxy groups -OCH3 is 1. The van der Waals surface area contributed by atoms with Gasteiger partial charge in [-0.25, -0.2) is 4.79 Å². The third-order valence-corrected chi connectivity index (χ3v) is 3.65. The van der Waals surface area contributed by atoms with Crippen LogP contribution >= 0.6 is 0 Å². The van der Waals surface area contributed by atoms with Crippen LogP contribution in [0.25, 0.3) is 0 Å². The number of carboxylic acids is 1. The van der Waals surface area contributed by atoms with Crippen LogP contribution < -0.4 is 10.1 Å². The number of hydrogen-bond donors (Lipinski definition) is 2. The summed E-state index contributed by atoms with van der Waals surface area (Å²) in [6.45, 7) is 0. The summed E-state index contributed by atoms with van der Waals surface area (Å²) in [4.78, 5) is 23.7. The molecule has 0 bridgehead atoms. The Morgan fingerprint density at radius 1 is 1.15 bits per heavy atom. The fraction of sp³-hybridized carbons (Fsp3) is 0.222. The van der Waals surface area contributed by atoms with Gasteiger partial charge in [-0.3, -0.25) is 4.79 Å². The number of benzene rings is 2. The average Bonchev–Trinajstić information content (AvgIpc) is 2.60. The molecule has 0 saturated carbocycles. The Morgan fingerprint density at radius 3 is 2.46 bits per heavy atom. The fourth-order valence-corrected chi connectivity index (χ4v) is 2.40. The van der Waals surface area contributed by atoms with Gasteiger partial charge in [-0.15, -0.1) is 0 Å². The Labute approximate surface area is 147 Å². The monoisotopic (exact) mass is 367 g/mol. The van der Waals surface area contributed by atoms with Crippen molar-refractivity contribution in [1.29, 1.82) is 0 Å². The lowest BCUT2D eigenvalue weighted by Crippen LogP contribution is -2.42.